The number of phenols is 1. The molecule has 15 N–H and O–H groups in total. The van der Waals surface area contributed by atoms with Crippen molar-refractivity contribution in [3.8, 4) is 5.75 Å². The first kappa shape index (κ1) is 87.6. The normalized spacial score (nSPS) is 21.1. The minimum Gasteiger partial charge on any atom is -0.508 e. The van der Waals surface area contributed by atoms with Gasteiger partial charge in [-0.05, 0) is 160 Å². The van der Waals surface area contributed by atoms with Crippen LogP contribution in [-0.4, -0.2) is 208 Å². The summed E-state index contributed by atoms with van der Waals surface area (Å²) in [5.41, 5.74) is 7.73. The predicted molar refractivity (Wildman–Crippen MR) is 416 cm³/mol. The number of benzene rings is 4. The van der Waals surface area contributed by atoms with Crippen molar-refractivity contribution in [2.45, 2.75) is 210 Å². The number of hydrogen-bond donors (Lipinski definition) is 14. The van der Waals surface area contributed by atoms with Gasteiger partial charge in [-0.25, -0.2) is 0 Å². The molecule has 2 saturated heterocycles. The number of primary amides is 1. The SMILES string of the molecule is CC(=O)NC(Cc1ccc2ccccc2c1)C(=O)NC(Cc1ccc(Cl)cc1)C(=O)NC1CCC(=O)NCCCCC(C(N)=O)NC(=O)C2CCCN2C(=O)C(CCCCNC(C)C)NC(=O)C(CC(C)C)NC(=O)C(CCCCNC(=O)c2cccnc2)NC(=O)C(Cc2ccc(O)cc2)N(C)C(=O)C(CO)NC1=O. The van der Waals surface area contributed by atoms with Gasteiger partial charge >= 0.3 is 0 Å². The molecule has 13 amide bonds. The number of likely N-dealkylation sites (N-methyl/N-ethyl adjacent to an activating group) is 1. The smallest absolute Gasteiger partial charge is 0.252 e. The minimum absolute atomic E-state index is 0.0117. The van der Waals surface area contributed by atoms with E-state index in [2.05, 4.69) is 63.5 Å². The summed E-state index contributed by atoms with van der Waals surface area (Å²) < 4.78 is 0. The number of phenolic OH excluding ortho intramolecular Hbond substituents is 1. The topological polar surface area (TPSA) is 440 Å². The molecule has 111 heavy (non-hydrogen) atoms. The molecule has 0 radical (unpaired) electrons. The maximum absolute atomic E-state index is 15.3. The van der Waals surface area contributed by atoms with E-state index < -0.39 is 157 Å². The molecule has 5 aromatic rings. The first-order valence-corrected chi connectivity index (χ1v) is 38.5. The van der Waals surface area contributed by atoms with Crippen LogP contribution in [0.1, 0.15) is 152 Å². The Bertz CT molecular complexity index is 4000. The van der Waals surface area contributed by atoms with Crippen LogP contribution in [0.3, 0.4) is 0 Å². The average molecular weight is 1560 g/mol. The maximum Gasteiger partial charge on any atom is 0.252 e. The molecule has 0 spiro atoms. The van der Waals surface area contributed by atoms with E-state index in [-0.39, 0.29) is 114 Å². The Morgan fingerprint density at radius 1 is 0.640 bits per heavy atom. The van der Waals surface area contributed by atoms with Crippen molar-refractivity contribution in [2.75, 3.05) is 39.8 Å². The van der Waals surface area contributed by atoms with Crippen LogP contribution in [-0.2, 0) is 76.8 Å². The van der Waals surface area contributed by atoms with Crippen LogP contribution >= 0.6 is 11.6 Å². The van der Waals surface area contributed by atoms with Crippen LogP contribution in [0.4, 0.5) is 0 Å². The number of amides is 13. The van der Waals surface area contributed by atoms with Gasteiger partial charge in [0.1, 0.15) is 66.2 Å². The number of aromatic hydroxyl groups is 1. The standard InChI is InChI=1S/C80H108ClN15O15/c1-48(2)41-63-74(105)91-62(22-11-12-37-84-49(3)4)80(111)96-40-16-23-67(96)77(108)88-59(70(82)101)20-9-13-38-85-69(100)35-34-61(89-76(107)65(43-51-25-30-57(81)31-26-51)93-75(106)64(87-50(5)98)44-53-24-29-54-17-7-8-18-55(54)42-53)73(104)94-66(47-97)79(110)95(6)68(45-52-27-32-58(99)33-28-52)78(109)90-60(72(103)92-63)21-10-14-39-86-71(102)56-19-15-36-83-46-56/h7-8,15,17-19,24-33,36,42,46,48-49,59-68,84,97,99H,9-14,16,20-23,34-35,37-41,43-45,47H2,1-6H3,(H2,82,101)(H,85,100)(H,86,102)(H,87,98)(H,88,108)(H,89,107)(H,90,109)(H,91,105)(H,92,103)(H,93,106)(H,94,104). The average Bonchev–Trinajstić information content (AvgIpc) is 1.82. The lowest BCUT2D eigenvalue weighted by Crippen LogP contribution is -2.61. The molecule has 0 saturated carbocycles. The van der Waals surface area contributed by atoms with Crippen molar-refractivity contribution in [1.82, 2.24) is 73.3 Å². The monoisotopic (exact) mass is 1550 g/mol. The third-order valence-electron chi connectivity index (χ3n) is 19.4. The number of nitrogens with zero attached hydrogens (tertiary/aromatic N) is 3. The lowest BCUT2D eigenvalue weighted by molar-refractivity contribution is -0.144. The Labute approximate surface area is 652 Å². The zero-order chi connectivity index (χ0) is 80.7. The van der Waals surface area contributed by atoms with Crippen molar-refractivity contribution in [1.29, 1.82) is 0 Å². The van der Waals surface area contributed by atoms with E-state index in [0.29, 0.717) is 53.1 Å². The highest BCUT2D eigenvalue weighted by molar-refractivity contribution is 6.30. The number of aliphatic hydroxyl groups excluding tert-OH is 1. The number of pyridine rings is 1. The summed E-state index contributed by atoms with van der Waals surface area (Å²) in [6.07, 6.45) is 4.10. The van der Waals surface area contributed by atoms with Gasteiger partial charge in [0.2, 0.25) is 70.9 Å². The number of hydrogen-bond acceptors (Lipinski definition) is 17. The molecular weight excluding hydrogens is 1450 g/mol. The van der Waals surface area contributed by atoms with Gasteiger partial charge in [0, 0.05) is 82.7 Å². The van der Waals surface area contributed by atoms with Crippen LogP contribution in [0, 0.1) is 5.92 Å². The number of halogens is 1. The highest BCUT2D eigenvalue weighted by atomic mass is 35.5. The van der Waals surface area contributed by atoms with E-state index in [1.54, 1.807) is 42.5 Å². The predicted octanol–water partition coefficient (Wildman–Crippen LogP) is 2.71. The Balaban J connectivity index is 1.24. The Morgan fingerprint density at radius 3 is 1.95 bits per heavy atom. The molecule has 1 aromatic heterocycles. The van der Waals surface area contributed by atoms with Crippen molar-refractivity contribution >= 4 is 99.2 Å². The van der Waals surface area contributed by atoms with E-state index in [1.807, 2.05) is 64.1 Å². The van der Waals surface area contributed by atoms with Gasteiger partial charge in [-0.2, -0.15) is 0 Å². The van der Waals surface area contributed by atoms with Crippen LogP contribution in [0.25, 0.3) is 10.8 Å². The Hall–Kier alpha value is -10.6. The highest BCUT2D eigenvalue weighted by Gasteiger charge is 2.41. The number of nitrogens with one attached hydrogen (secondary N) is 11. The molecule has 0 aliphatic carbocycles. The number of rotatable bonds is 27. The summed E-state index contributed by atoms with van der Waals surface area (Å²) >= 11 is 6.27. The summed E-state index contributed by atoms with van der Waals surface area (Å²) in [4.78, 5) is 194. The quantitative estimate of drug-likeness (QED) is 0.0336. The maximum atomic E-state index is 15.3. The number of carbonyl (C=O) groups excluding carboxylic acids is 13. The molecule has 2 fully saturated rings. The van der Waals surface area contributed by atoms with Gasteiger partial charge in [0.15, 0.2) is 0 Å². The third kappa shape index (κ3) is 28.3. The van der Waals surface area contributed by atoms with Gasteiger partial charge in [0.05, 0.1) is 12.2 Å². The molecule has 7 rings (SSSR count). The third-order valence-corrected chi connectivity index (χ3v) is 19.7. The second kappa shape index (κ2) is 44.3. The van der Waals surface area contributed by atoms with Crippen molar-refractivity contribution < 1.29 is 72.5 Å². The molecule has 600 valence electrons. The summed E-state index contributed by atoms with van der Waals surface area (Å²) in [5.74, 6) is -10.5. The molecule has 2 aliphatic heterocycles. The highest BCUT2D eigenvalue weighted by Crippen LogP contribution is 2.24. The largest absolute Gasteiger partial charge is 0.508 e. The fourth-order valence-electron chi connectivity index (χ4n) is 13.4. The number of aromatic nitrogens is 1. The first-order chi connectivity index (χ1) is 53.1. The van der Waals surface area contributed by atoms with Gasteiger partial charge < -0.3 is 84.2 Å². The summed E-state index contributed by atoms with van der Waals surface area (Å²) in [6, 6.07) is 14.2. The van der Waals surface area contributed by atoms with Gasteiger partial charge in [-0.15, -0.1) is 0 Å². The molecule has 10 unspecified atom stereocenters. The van der Waals surface area contributed by atoms with Crippen molar-refractivity contribution in [3.63, 3.8) is 0 Å². The molecule has 0 bridgehead atoms. The van der Waals surface area contributed by atoms with Crippen LogP contribution in [0.15, 0.2) is 116 Å². The molecule has 4 aromatic carbocycles. The van der Waals surface area contributed by atoms with Crippen molar-refractivity contribution in [3.05, 3.63) is 143 Å². The Morgan fingerprint density at radius 2 is 1.28 bits per heavy atom. The minimum atomic E-state index is -1.89. The van der Waals surface area contributed by atoms with E-state index in [0.717, 1.165) is 15.7 Å². The lowest BCUT2D eigenvalue weighted by Gasteiger charge is -2.33. The Kier molecular flexibility index (Phi) is 35.0. The molecule has 10 atom stereocenters. The number of unbranched alkanes of at least 4 members (excludes halogenated alkanes) is 2. The van der Waals surface area contributed by atoms with E-state index in [4.69, 9.17) is 17.3 Å². The van der Waals surface area contributed by atoms with Gasteiger partial charge in [0.25, 0.3) is 5.91 Å². The number of carbonyl (C=O) groups is 13. The summed E-state index contributed by atoms with van der Waals surface area (Å²) in [5, 5.41) is 54.5. The molecule has 31 heteroatoms. The van der Waals surface area contributed by atoms with Crippen LogP contribution < -0.4 is 64.2 Å². The zero-order valence-corrected chi connectivity index (χ0v) is 64.7. The fourth-order valence-corrected chi connectivity index (χ4v) is 13.5. The van der Waals surface area contributed by atoms with Crippen molar-refractivity contribution in [2.24, 2.45) is 11.7 Å². The molecular formula is C80H108ClN15O15. The van der Waals surface area contributed by atoms with E-state index >= 15 is 24.0 Å². The lowest BCUT2D eigenvalue weighted by atomic mass is 9.99. The van der Waals surface area contributed by atoms with E-state index in [9.17, 15) is 48.6 Å². The fraction of sp³-hybridized carbons (Fsp3) is 0.500. The second-order valence-corrected chi connectivity index (χ2v) is 29.6. The zero-order valence-electron chi connectivity index (χ0n) is 64.0. The number of nitrogens with two attached hydrogens (primary N) is 1. The summed E-state index contributed by atoms with van der Waals surface area (Å²) in [7, 11) is 1.22. The van der Waals surface area contributed by atoms with E-state index in [1.165, 1.54) is 55.5 Å². The molecule has 3 heterocycles. The molecule has 30 nitrogen and oxygen atoms in total. The van der Waals surface area contributed by atoms with Crippen LogP contribution in [0.5, 0.6) is 5.75 Å². The molecule has 2 aliphatic rings. The summed E-state index contributed by atoms with van der Waals surface area (Å²) in [6.45, 7) is 8.59. The number of fused-ring (bicyclic) bond motifs is 2. The second-order valence-electron chi connectivity index (χ2n) is 29.1. The number of aliphatic hydroxyl groups is 1. The van der Waals surface area contributed by atoms with Gasteiger partial charge in [-0.3, -0.25) is 67.3 Å². The van der Waals surface area contributed by atoms with Gasteiger partial charge in [-0.1, -0.05) is 106 Å². The first-order valence-electron chi connectivity index (χ1n) is 38.1. The van der Waals surface area contributed by atoms with Crippen LogP contribution in [0.2, 0.25) is 5.02 Å².